The lowest BCUT2D eigenvalue weighted by Crippen LogP contribution is -2.13. The predicted molar refractivity (Wildman–Crippen MR) is 99.7 cm³/mol. The fourth-order valence-corrected chi connectivity index (χ4v) is 3.78. The molecule has 0 saturated heterocycles. The average Bonchev–Trinajstić information content (AvgIpc) is 2.59. The van der Waals surface area contributed by atoms with E-state index in [9.17, 15) is 26.2 Å². The summed E-state index contributed by atoms with van der Waals surface area (Å²) in [7, 11) is -9.31. The minimum atomic E-state index is -4.80. The van der Waals surface area contributed by atoms with Gasteiger partial charge in [0.1, 0.15) is 4.90 Å². The number of benzene rings is 3. The van der Waals surface area contributed by atoms with Gasteiger partial charge in [-0.05, 0) is 53.6 Å². The molecule has 0 spiro atoms. The number of aryl methyl sites for hydroxylation is 1. The van der Waals surface area contributed by atoms with Gasteiger partial charge in [0.2, 0.25) is 0 Å². The molecule has 0 aliphatic rings. The Morgan fingerprint density at radius 3 is 2.14 bits per heavy atom. The average molecular weight is 422 g/mol. The Balaban J connectivity index is 2.16. The molecule has 3 aromatic rings. The maximum atomic E-state index is 12.4. The highest BCUT2D eigenvalue weighted by molar-refractivity contribution is 7.86. The lowest BCUT2D eigenvalue weighted by Gasteiger charge is -2.11. The number of esters is 1. The van der Waals surface area contributed by atoms with E-state index >= 15 is 0 Å². The summed E-state index contributed by atoms with van der Waals surface area (Å²) in [4.78, 5) is 11.3. The second-order valence-electron chi connectivity index (χ2n) is 5.96. The first-order chi connectivity index (χ1) is 13.0. The topological polar surface area (TPSA) is 135 Å². The quantitative estimate of drug-likeness (QED) is 0.372. The lowest BCUT2D eigenvalue weighted by atomic mass is 10.1. The molecule has 10 heteroatoms. The molecule has 0 aliphatic carbocycles. The maximum Gasteiger partial charge on any atom is 0.343 e. The number of hydrogen-bond acceptors (Lipinski definition) is 6. The molecule has 0 aromatic heterocycles. The van der Waals surface area contributed by atoms with Crippen molar-refractivity contribution >= 4 is 37.0 Å². The first kappa shape index (κ1) is 20.0. The summed E-state index contributed by atoms with van der Waals surface area (Å²) in [6, 6.07) is 12.1. The van der Waals surface area contributed by atoms with Crippen LogP contribution in [0.4, 0.5) is 0 Å². The van der Waals surface area contributed by atoms with Gasteiger partial charge in [-0.25, -0.2) is 4.79 Å². The highest BCUT2D eigenvalue weighted by Gasteiger charge is 2.22. The van der Waals surface area contributed by atoms with Gasteiger partial charge in [0.25, 0.3) is 20.2 Å². The van der Waals surface area contributed by atoms with Crippen molar-refractivity contribution in [3.8, 4) is 5.75 Å². The zero-order valence-electron chi connectivity index (χ0n) is 14.4. The molecule has 0 amide bonds. The van der Waals surface area contributed by atoms with Gasteiger partial charge < -0.3 is 4.74 Å². The van der Waals surface area contributed by atoms with E-state index in [0.717, 1.165) is 18.2 Å². The lowest BCUT2D eigenvalue weighted by molar-refractivity contribution is 0.0729. The molecule has 3 rings (SSSR count). The SMILES string of the molecule is Cc1ccccc1C(=O)Oc1cc2ccc(S(=O)(=O)O)cc2cc1S(=O)(=O)O. The predicted octanol–water partition coefficient (Wildman–Crippen LogP) is 2.86. The highest BCUT2D eigenvalue weighted by atomic mass is 32.2. The third kappa shape index (κ3) is 4.04. The van der Waals surface area contributed by atoms with Crippen LogP contribution in [-0.2, 0) is 20.2 Å². The van der Waals surface area contributed by atoms with Crippen LogP contribution in [-0.4, -0.2) is 31.9 Å². The number of ether oxygens (including phenoxy) is 1. The van der Waals surface area contributed by atoms with Crippen molar-refractivity contribution in [2.24, 2.45) is 0 Å². The van der Waals surface area contributed by atoms with Crippen LogP contribution in [0.25, 0.3) is 10.8 Å². The van der Waals surface area contributed by atoms with E-state index in [1.165, 1.54) is 18.2 Å². The second kappa shape index (κ2) is 6.99. The Bertz CT molecular complexity index is 1310. The number of rotatable bonds is 4. The molecular weight excluding hydrogens is 408 g/mol. The van der Waals surface area contributed by atoms with Crippen molar-refractivity contribution < 1.29 is 35.5 Å². The van der Waals surface area contributed by atoms with Crippen molar-refractivity contribution in [2.75, 3.05) is 0 Å². The van der Waals surface area contributed by atoms with E-state index in [-0.39, 0.29) is 10.9 Å². The summed E-state index contributed by atoms with van der Waals surface area (Å²) in [5.41, 5.74) is 0.824. The van der Waals surface area contributed by atoms with Crippen LogP contribution in [0.2, 0.25) is 0 Å². The van der Waals surface area contributed by atoms with E-state index in [1.54, 1.807) is 25.1 Å². The maximum absolute atomic E-state index is 12.4. The van der Waals surface area contributed by atoms with Crippen LogP contribution >= 0.6 is 0 Å². The highest BCUT2D eigenvalue weighted by Crippen LogP contribution is 2.31. The van der Waals surface area contributed by atoms with Crippen LogP contribution < -0.4 is 4.74 Å². The van der Waals surface area contributed by atoms with Crippen LogP contribution in [0, 0.1) is 6.92 Å². The van der Waals surface area contributed by atoms with E-state index in [2.05, 4.69) is 0 Å². The fraction of sp³-hybridized carbons (Fsp3) is 0.0556. The van der Waals surface area contributed by atoms with Crippen molar-refractivity contribution in [1.29, 1.82) is 0 Å². The molecule has 0 saturated carbocycles. The standard InChI is InChI=1S/C18H14O8S2/c1-11-4-2-3-5-15(11)18(19)26-16-9-12-6-7-14(27(20,21)22)8-13(12)10-17(16)28(23,24)25/h2-10H,1H3,(H,20,21,22)(H,23,24,25). The van der Waals surface area contributed by atoms with Crippen LogP contribution in [0.15, 0.2) is 64.4 Å². The monoisotopic (exact) mass is 422 g/mol. The van der Waals surface area contributed by atoms with Gasteiger partial charge in [0.05, 0.1) is 10.5 Å². The Kier molecular flexibility index (Phi) is 4.98. The van der Waals surface area contributed by atoms with E-state index in [0.29, 0.717) is 10.9 Å². The Hall–Kier alpha value is -2.79. The molecule has 8 nitrogen and oxygen atoms in total. The summed E-state index contributed by atoms with van der Waals surface area (Å²) < 4.78 is 69.9. The fourth-order valence-electron chi connectivity index (χ4n) is 2.63. The second-order valence-corrected chi connectivity index (χ2v) is 8.77. The third-order valence-electron chi connectivity index (χ3n) is 4.02. The summed E-state index contributed by atoms with van der Waals surface area (Å²) in [6.45, 7) is 1.68. The molecule has 146 valence electrons. The summed E-state index contributed by atoms with van der Waals surface area (Å²) in [6.07, 6.45) is 0. The number of hydrogen-bond donors (Lipinski definition) is 2. The molecule has 0 atom stereocenters. The summed E-state index contributed by atoms with van der Waals surface area (Å²) in [5, 5.41) is 0.422. The zero-order valence-corrected chi connectivity index (χ0v) is 16.0. The van der Waals surface area contributed by atoms with Gasteiger partial charge in [-0.1, -0.05) is 24.3 Å². The normalized spacial score (nSPS) is 12.1. The molecule has 0 unspecified atom stereocenters. The molecule has 0 bridgehead atoms. The first-order valence-corrected chi connectivity index (χ1v) is 10.7. The zero-order chi connectivity index (χ0) is 20.7. The van der Waals surface area contributed by atoms with Gasteiger partial charge in [0.15, 0.2) is 5.75 Å². The van der Waals surface area contributed by atoms with Gasteiger partial charge in [0, 0.05) is 0 Å². The largest absolute Gasteiger partial charge is 0.421 e. The van der Waals surface area contributed by atoms with Crippen molar-refractivity contribution in [1.82, 2.24) is 0 Å². The van der Waals surface area contributed by atoms with Crippen LogP contribution in [0.1, 0.15) is 15.9 Å². The summed E-state index contributed by atoms with van der Waals surface area (Å²) in [5.74, 6) is -1.24. The van der Waals surface area contributed by atoms with E-state index in [1.807, 2.05) is 0 Å². The minimum Gasteiger partial charge on any atom is -0.421 e. The van der Waals surface area contributed by atoms with Crippen molar-refractivity contribution in [3.05, 3.63) is 65.7 Å². The number of fused-ring (bicyclic) bond motifs is 1. The number of carbonyl (C=O) groups is 1. The van der Waals surface area contributed by atoms with E-state index in [4.69, 9.17) is 9.29 Å². The third-order valence-corrected chi connectivity index (χ3v) is 5.74. The van der Waals surface area contributed by atoms with Gasteiger partial charge >= 0.3 is 5.97 Å². The molecule has 3 aromatic carbocycles. The van der Waals surface area contributed by atoms with Gasteiger partial charge in [-0.15, -0.1) is 0 Å². The van der Waals surface area contributed by atoms with Gasteiger partial charge in [-0.2, -0.15) is 16.8 Å². The van der Waals surface area contributed by atoms with E-state index < -0.39 is 41.7 Å². The Morgan fingerprint density at radius 2 is 1.54 bits per heavy atom. The first-order valence-electron chi connectivity index (χ1n) is 7.77. The molecule has 0 fully saturated rings. The molecule has 0 aliphatic heterocycles. The van der Waals surface area contributed by atoms with Crippen molar-refractivity contribution in [3.63, 3.8) is 0 Å². The summed E-state index contributed by atoms with van der Waals surface area (Å²) >= 11 is 0. The molecule has 28 heavy (non-hydrogen) atoms. The smallest absolute Gasteiger partial charge is 0.343 e. The van der Waals surface area contributed by atoms with Crippen molar-refractivity contribution in [2.45, 2.75) is 16.7 Å². The van der Waals surface area contributed by atoms with Crippen LogP contribution in [0.5, 0.6) is 5.75 Å². The van der Waals surface area contributed by atoms with Crippen LogP contribution in [0.3, 0.4) is 0 Å². The minimum absolute atomic E-state index is 0.0958. The number of carbonyl (C=O) groups excluding carboxylic acids is 1. The Labute approximate surface area is 160 Å². The van der Waals surface area contributed by atoms with Gasteiger partial charge in [-0.3, -0.25) is 9.11 Å². The molecule has 0 radical (unpaired) electrons. The molecule has 2 N–H and O–H groups in total. The molecular formula is C18H14O8S2. The Morgan fingerprint density at radius 1 is 0.857 bits per heavy atom. The molecule has 0 heterocycles.